The normalized spacial score (nSPS) is 11.8. The summed E-state index contributed by atoms with van der Waals surface area (Å²) >= 11 is 1.62. The zero-order valence-electron chi connectivity index (χ0n) is 14.5. The first-order valence-electron chi connectivity index (χ1n) is 8.36. The number of rotatable bonds is 5. The second-order valence-corrected chi connectivity index (χ2v) is 7.18. The van der Waals surface area contributed by atoms with Crippen molar-refractivity contribution < 1.29 is 5.11 Å². The molecule has 0 aromatic carbocycles. The van der Waals surface area contributed by atoms with E-state index in [4.69, 9.17) is 5.11 Å². The van der Waals surface area contributed by atoms with Gasteiger partial charge < -0.3 is 9.67 Å². The quantitative estimate of drug-likeness (QED) is 0.533. The molecule has 1 N–H and O–H groups in total. The van der Waals surface area contributed by atoms with Gasteiger partial charge in [0.25, 0.3) is 5.56 Å². The number of aliphatic hydroxyl groups excluding tert-OH is 1. The lowest BCUT2D eigenvalue weighted by Crippen LogP contribution is -2.37. The van der Waals surface area contributed by atoms with Gasteiger partial charge in [-0.15, -0.1) is 11.3 Å². The summed E-state index contributed by atoms with van der Waals surface area (Å²) in [5, 5.41) is 11.1. The molecule has 136 valence electrons. The highest BCUT2D eigenvalue weighted by Gasteiger charge is 2.20. The Hall–Kier alpha value is -2.65. The summed E-state index contributed by atoms with van der Waals surface area (Å²) in [7, 11) is 3.09. The van der Waals surface area contributed by atoms with E-state index in [9.17, 15) is 9.59 Å². The fourth-order valence-corrected chi connectivity index (χ4v) is 3.98. The van der Waals surface area contributed by atoms with Crippen molar-refractivity contribution in [2.45, 2.75) is 19.4 Å². The summed E-state index contributed by atoms with van der Waals surface area (Å²) in [6, 6.07) is 4.01. The highest BCUT2D eigenvalue weighted by atomic mass is 32.1. The molecule has 0 bridgehead atoms. The standard InChI is InChI=1S/C17H19N5O3S/c1-19-14-13(15(24)20(2)17(19)25)22-10-11(12-6-5-9-26-12)21(16(22)18-14)7-3-4-8-23/h5-6,9-10,23H,3-4,7-8H2,1-2H3. The second kappa shape index (κ2) is 6.26. The summed E-state index contributed by atoms with van der Waals surface area (Å²) in [6.45, 7) is 0.805. The molecule has 0 aliphatic carbocycles. The maximum absolute atomic E-state index is 12.7. The first kappa shape index (κ1) is 16.8. The van der Waals surface area contributed by atoms with Gasteiger partial charge in [-0.25, -0.2) is 4.79 Å². The Labute approximate surface area is 152 Å². The molecule has 0 fully saturated rings. The van der Waals surface area contributed by atoms with Crippen LogP contribution in [0.3, 0.4) is 0 Å². The molecule has 4 heterocycles. The van der Waals surface area contributed by atoms with Gasteiger partial charge in [-0.2, -0.15) is 4.98 Å². The number of aryl methyl sites for hydroxylation is 2. The van der Waals surface area contributed by atoms with Crippen LogP contribution in [0.25, 0.3) is 27.5 Å². The van der Waals surface area contributed by atoms with E-state index in [1.807, 2.05) is 28.3 Å². The lowest BCUT2D eigenvalue weighted by molar-refractivity contribution is 0.281. The van der Waals surface area contributed by atoms with E-state index in [2.05, 4.69) is 4.98 Å². The molecule has 0 radical (unpaired) electrons. The van der Waals surface area contributed by atoms with Crippen molar-refractivity contribution >= 4 is 28.3 Å². The smallest absolute Gasteiger partial charge is 0.332 e. The molecule has 0 aliphatic rings. The maximum atomic E-state index is 12.7. The Morgan fingerprint density at radius 1 is 1.19 bits per heavy atom. The molecule has 8 nitrogen and oxygen atoms in total. The van der Waals surface area contributed by atoms with Crippen molar-refractivity contribution in [1.29, 1.82) is 0 Å². The van der Waals surface area contributed by atoms with Crippen LogP contribution in [-0.4, -0.2) is 34.8 Å². The third-order valence-corrected chi connectivity index (χ3v) is 5.51. The van der Waals surface area contributed by atoms with Gasteiger partial charge in [0.05, 0.1) is 10.6 Å². The number of fused-ring (bicyclic) bond motifs is 3. The highest BCUT2D eigenvalue weighted by molar-refractivity contribution is 7.13. The topological polar surface area (TPSA) is 86.5 Å². The molecule has 4 aromatic heterocycles. The SMILES string of the molecule is Cn1c(=O)c2c(nc3n(CCCCO)c(-c4cccs4)cn23)n(C)c1=O. The average Bonchev–Trinajstić information content (AvgIpc) is 3.34. The van der Waals surface area contributed by atoms with Crippen LogP contribution in [0.4, 0.5) is 0 Å². The van der Waals surface area contributed by atoms with E-state index in [-0.39, 0.29) is 12.2 Å². The van der Waals surface area contributed by atoms with Crippen molar-refractivity contribution in [2.75, 3.05) is 6.61 Å². The van der Waals surface area contributed by atoms with Gasteiger partial charge >= 0.3 is 5.69 Å². The van der Waals surface area contributed by atoms with Crippen LogP contribution >= 0.6 is 11.3 Å². The lowest BCUT2D eigenvalue weighted by atomic mass is 10.3. The summed E-state index contributed by atoms with van der Waals surface area (Å²) in [5.74, 6) is 0.625. The number of imidazole rings is 2. The van der Waals surface area contributed by atoms with Crippen molar-refractivity contribution in [3.8, 4) is 10.6 Å². The molecule has 0 saturated carbocycles. The minimum Gasteiger partial charge on any atom is -0.396 e. The molecule has 0 spiro atoms. The maximum Gasteiger partial charge on any atom is 0.332 e. The monoisotopic (exact) mass is 373 g/mol. The van der Waals surface area contributed by atoms with Crippen molar-refractivity contribution in [3.05, 3.63) is 44.5 Å². The molecule has 0 unspecified atom stereocenters. The number of hydrogen-bond acceptors (Lipinski definition) is 5. The molecule has 0 atom stereocenters. The molecule has 26 heavy (non-hydrogen) atoms. The van der Waals surface area contributed by atoms with Crippen LogP contribution < -0.4 is 11.2 Å². The Kier molecular flexibility index (Phi) is 4.04. The number of aromatic nitrogens is 5. The average molecular weight is 373 g/mol. The van der Waals surface area contributed by atoms with Gasteiger partial charge in [0.15, 0.2) is 11.2 Å². The van der Waals surface area contributed by atoms with E-state index >= 15 is 0 Å². The zero-order valence-corrected chi connectivity index (χ0v) is 15.4. The van der Waals surface area contributed by atoms with Gasteiger partial charge in [0.1, 0.15) is 0 Å². The van der Waals surface area contributed by atoms with Crippen LogP contribution in [0.2, 0.25) is 0 Å². The minimum atomic E-state index is -0.395. The number of nitrogens with zero attached hydrogens (tertiary/aromatic N) is 5. The largest absolute Gasteiger partial charge is 0.396 e. The summed E-state index contributed by atoms with van der Waals surface area (Å²) in [6.07, 6.45) is 3.38. The zero-order chi connectivity index (χ0) is 18.4. The Morgan fingerprint density at radius 2 is 2.00 bits per heavy atom. The molecule has 4 rings (SSSR count). The van der Waals surface area contributed by atoms with Crippen molar-refractivity contribution in [3.63, 3.8) is 0 Å². The van der Waals surface area contributed by atoms with Crippen LogP contribution in [0.15, 0.2) is 33.3 Å². The Morgan fingerprint density at radius 3 is 2.69 bits per heavy atom. The van der Waals surface area contributed by atoms with E-state index in [1.54, 1.807) is 22.8 Å². The van der Waals surface area contributed by atoms with Gasteiger partial charge in [-0.05, 0) is 24.3 Å². The van der Waals surface area contributed by atoms with Gasteiger partial charge in [0, 0.05) is 33.4 Å². The first-order valence-corrected chi connectivity index (χ1v) is 9.24. The van der Waals surface area contributed by atoms with E-state index in [0.29, 0.717) is 29.9 Å². The minimum absolute atomic E-state index is 0.136. The third kappa shape index (κ3) is 2.35. The molecule has 0 aliphatic heterocycles. The van der Waals surface area contributed by atoms with Gasteiger partial charge in [-0.1, -0.05) is 6.07 Å². The lowest BCUT2D eigenvalue weighted by Gasteiger charge is -2.07. The predicted octanol–water partition coefficient (Wildman–Crippen LogP) is 1.19. The van der Waals surface area contributed by atoms with Crippen LogP contribution in [0.1, 0.15) is 12.8 Å². The number of hydrogen-bond donors (Lipinski definition) is 1. The first-order chi connectivity index (χ1) is 12.5. The number of aliphatic hydroxyl groups is 1. The second-order valence-electron chi connectivity index (χ2n) is 6.23. The van der Waals surface area contributed by atoms with E-state index < -0.39 is 5.69 Å². The Bertz CT molecular complexity index is 1210. The highest BCUT2D eigenvalue weighted by Crippen LogP contribution is 2.29. The van der Waals surface area contributed by atoms with Crippen molar-refractivity contribution in [2.24, 2.45) is 14.1 Å². The fourth-order valence-electron chi connectivity index (χ4n) is 3.24. The van der Waals surface area contributed by atoms with Gasteiger partial charge in [-0.3, -0.25) is 18.3 Å². The molecule has 0 saturated heterocycles. The predicted molar refractivity (Wildman–Crippen MR) is 101 cm³/mol. The van der Waals surface area contributed by atoms with Crippen LogP contribution in [0.5, 0.6) is 0 Å². The molecule has 9 heteroatoms. The van der Waals surface area contributed by atoms with Crippen LogP contribution in [-0.2, 0) is 20.6 Å². The van der Waals surface area contributed by atoms with E-state index in [0.717, 1.165) is 21.6 Å². The third-order valence-electron chi connectivity index (χ3n) is 4.62. The molecular formula is C17H19N5O3S. The molecular weight excluding hydrogens is 354 g/mol. The fraction of sp³-hybridized carbons (Fsp3) is 0.353. The summed E-state index contributed by atoms with van der Waals surface area (Å²) < 4.78 is 6.31. The van der Waals surface area contributed by atoms with E-state index in [1.165, 1.54) is 11.6 Å². The molecule has 4 aromatic rings. The summed E-state index contributed by atoms with van der Waals surface area (Å²) in [4.78, 5) is 30.6. The molecule has 0 amide bonds. The number of unbranched alkanes of at least 4 members (excludes halogenated alkanes) is 1. The number of thiophene rings is 1. The van der Waals surface area contributed by atoms with Gasteiger partial charge in [0.2, 0.25) is 5.78 Å². The summed E-state index contributed by atoms with van der Waals surface area (Å²) in [5.41, 5.74) is 0.984. The Balaban J connectivity index is 2.06. The van der Waals surface area contributed by atoms with Crippen molar-refractivity contribution in [1.82, 2.24) is 23.1 Å². The van der Waals surface area contributed by atoms with Crippen LogP contribution in [0, 0.1) is 0 Å².